The van der Waals surface area contributed by atoms with E-state index >= 15 is 0 Å². The number of thioether (sulfide) groups is 1. The van der Waals surface area contributed by atoms with E-state index in [1.165, 1.54) is 23.9 Å². The van der Waals surface area contributed by atoms with Crippen LogP contribution in [0.4, 0.5) is 4.39 Å². The van der Waals surface area contributed by atoms with Crippen LogP contribution in [0, 0.1) is 17.1 Å². The smallest absolute Gasteiger partial charge is 0.351 e. The van der Waals surface area contributed by atoms with Crippen LogP contribution in [0.5, 0.6) is 0 Å². The van der Waals surface area contributed by atoms with Gasteiger partial charge in [-0.15, -0.1) is 11.8 Å². The van der Waals surface area contributed by atoms with E-state index in [2.05, 4.69) is 5.32 Å². The molecule has 0 aliphatic rings. The Balaban J connectivity index is 2.81. The second-order valence-corrected chi connectivity index (χ2v) is 5.59. The maximum Gasteiger partial charge on any atom is 0.351 e. The number of halogens is 1. The van der Waals surface area contributed by atoms with Crippen molar-refractivity contribution in [1.82, 2.24) is 5.32 Å². The molecule has 0 amide bonds. The van der Waals surface area contributed by atoms with Gasteiger partial charge >= 0.3 is 5.97 Å². The molecule has 0 heterocycles. The van der Waals surface area contributed by atoms with Gasteiger partial charge in [-0.1, -0.05) is 12.1 Å². The van der Waals surface area contributed by atoms with Crippen molar-refractivity contribution in [2.75, 3.05) is 26.1 Å². The second kappa shape index (κ2) is 10.7. The maximum absolute atomic E-state index is 13.0. The van der Waals surface area contributed by atoms with Gasteiger partial charge in [-0.25, -0.2) is 9.18 Å². The van der Waals surface area contributed by atoms with E-state index in [1.807, 2.05) is 19.9 Å². The van der Waals surface area contributed by atoms with Gasteiger partial charge in [-0.2, -0.15) is 5.26 Å². The highest BCUT2D eigenvalue weighted by Gasteiger charge is 2.18. The Morgan fingerprint density at radius 3 is 2.58 bits per heavy atom. The predicted octanol–water partition coefficient (Wildman–Crippen LogP) is 3.15. The summed E-state index contributed by atoms with van der Waals surface area (Å²) < 4.78 is 23.1. The molecule has 0 spiro atoms. The molecule has 1 atom stereocenters. The molecule has 24 heavy (non-hydrogen) atoms. The molecule has 1 N–H and O–H groups in total. The number of rotatable bonds is 9. The minimum absolute atomic E-state index is 0.0899. The summed E-state index contributed by atoms with van der Waals surface area (Å²) in [6, 6.07) is 7.71. The number of carbonyl (C=O) groups excluding carboxylic acids is 1. The molecule has 0 radical (unpaired) electrons. The van der Waals surface area contributed by atoms with Gasteiger partial charge in [-0.3, -0.25) is 0 Å². The van der Waals surface area contributed by atoms with E-state index < -0.39 is 5.97 Å². The van der Waals surface area contributed by atoms with Gasteiger partial charge in [0, 0.05) is 12.6 Å². The van der Waals surface area contributed by atoms with Gasteiger partial charge in [0.05, 0.1) is 11.6 Å². The zero-order chi connectivity index (χ0) is 17.9. The number of ether oxygens (including phenoxy) is 2. The van der Waals surface area contributed by atoms with E-state index in [1.54, 1.807) is 18.4 Å². The van der Waals surface area contributed by atoms with Crippen LogP contribution in [0.15, 0.2) is 34.9 Å². The third-order valence-electron chi connectivity index (χ3n) is 3.13. The first kappa shape index (κ1) is 20.0. The highest BCUT2D eigenvalue weighted by molar-refractivity contribution is 8.02. The number of nitriles is 1. The van der Waals surface area contributed by atoms with Crippen molar-refractivity contribution in [2.24, 2.45) is 0 Å². The zero-order valence-electron chi connectivity index (χ0n) is 14.0. The molecule has 1 unspecified atom stereocenters. The number of esters is 1. The average molecular weight is 352 g/mol. The Bertz CT molecular complexity index is 611. The van der Waals surface area contributed by atoms with Crippen molar-refractivity contribution in [1.29, 1.82) is 5.26 Å². The second-order valence-electron chi connectivity index (χ2n) is 4.77. The number of nitrogens with zero attached hydrogens (tertiary/aromatic N) is 1. The van der Waals surface area contributed by atoms with Crippen LogP contribution in [0.1, 0.15) is 25.5 Å². The number of benzene rings is 1. The summed E-state index contributed by atoms with van der Waals surface area (Å²) in [5, 5.41) is 12.8. The van der Waals surface area contributed by atoms with Gasteiger partial charge in [-0.05, 0) is 37.8 Å². The normalized spacial score (nSPS) is 12.8. The van der Waals surface area contributed by atoms with Crippen LogP contribution in [0.2, 0.25) is 0 Å². The minimum Gasteiger partial charge on any atom is -0.459 e. The van der Waals surface area contributed by atoms with Gasteiger partial charge < -0.3 is 14.8 Å². The number of hydrogen-bond donors (Lipinski definition) is 1. The lowest BCUT2D eigenvalue weighted by atomic mass is 10.1. The Morgan fingerprint density at radius 1 is 1.38 bits per heavy atom. The summed E-state index contributed by atoms with van der Waals surface area (Å²) in [5.74, 6) is -1.01. The summed E-state index contributed by atoms with van der Waals surface area (Å²) in [6.45, 7) is 4.61. The molecule has 0 aliphatic heterocycles. The third kappa shape index (κ3) is 6.22. The summed E-state index contributed by atoms with van der Waals surface area (Å²) in [5.41, 5.74) is 0.748. The third-order valence-corrected chi connectivity index (χ3v) is 3.86. The molecule has 1 aromatic rings. The summed E-state index contributed by atoms with van der Waals surface area (Å²) in [6.07, 6.45) is 1.75. The number of hydrogen-bond acceptors (Lipinski definition) is 6. The van der Waals surface area contributed by atoms with Crippen LogP contribution in [0.25, 0.3) is 0 Å². The van der Waals surface area contributed by atoms with Crippen LogP contribution < -0.4 is 5.32 Å². The lowest BCUT2D eigenvalue weighted by Crippen LogP contribution is -2.21. The molecule has 5 nitrogen and oxygen atoms in total. The fraction of sp³-hybridized carbons (Fsp3) is 0.412. The minimum atomic E-state index is -0.694. The van der Waals surface area contributed by atoms with Crippen LogP contribution >= 0.6 is 11.8 Å². The largest absolute Gasteiger partial charge is 0.459 e. The molecule has 0 aromatic heterocycles. The highest BCUT2D eigenvalue weighted by Crippen LogP contribution is 2.21. The van der Waals surface area contributed by atoms with Crippen molar-refractivity contribution in [3.8, 4) is 6.07 Å². The molecule has 0 saturated carbocycles. The van der Waals surface area contributed by atoms with E-state index in [4.69, 9.17) is 9.47 Å². The molecular formula is C17H21FN2O3S. The molecule has 1 rings (SSSR count). The standard InChI is InChI=1S/C17H21FN2O3S/c1-4-22-9-10-23-17(21)15(11-19)16(24-3)20-12(2)13-5-7-14(18)8-6-13/h5-8,12,20H,4,9-10H2,1-3H3/b16-15+. The zero-order valence-corrected chi connectivity index (χ0v) is 14.8. The van der Waals surface area contributed by atoms with E-state index in [9.17, 15) is 14.4 Å². The van der Waals surface area contributed by atoms with Crippen LogP contribution in [0.3, 0.4) is 0 Å². The van der Waals surface area contributed by atoms with Gasteiger partial charge in [0.2, 0.25) is 0 Å². The molecule has 0 fully saturated rings. The fourth-order valence-corrected chi connectivity index (χ4v) is 2.49. The lowest BCUT2D eigenvalue weighted by molar-refractivity contribution is -0.140. The summed E-state index contributed by atoms with van der Waals surface area (Å²) in [4.78, 5) is 12.0. The van der Waals surface area contributed by atoms with Gasteiger partial charge in [0.15, 0.2) is 5.57 Å². The van der Waals surface area contributed by atoms with Crippen LogP contribution in [-0.2, 0) is 14.3 Å². The Kier molecular flexibility index (Phi) is 8.90. The van der Waals surface area contributed by atoms with E-state index in [-0.39, 0.29) is 30.6 Å². The number of nitrogens with one attached hydrogen (secondary N) is 1. The van der Waals surface area contributed by atoms with Gasteiger partial charge in [0.1, 0.15) is 18.5 Å². The molecule has 0 bridgehead atoms. The van der Waals surface area contributed by atoms with Crippen molar-refractivity contribution >= 4 is 17.7 Å². The molecule has 130 valence electrons. The lowest BCUT2D eigenvalue weighted by Gasteiger charge is -2.18. The maximum atomic E-state index is 13.0. The Hall–Kier alpha value is -2.04. The summed E-state index contributed by atoms with van der Waals surface area (Å²) >= 11 is 1.24. The fourth-order valence-electron chi connectivity index (χ4n) is 1.86. The molecule has 1 aromatic carbocycles. The molecule has 0 aliphatic carbocycles. The summed E-state index contributed by atoms with van der Waals surface area (Å²) in [7, 11) is 0. The van der Waals surface area contributed by atoms with Crippen molar-refractivity contribution in [3.05, 3.63) is 46.2 Å². The molecule has 0 saturated heterocycles. The first-order valence-corrected chi connectivity index (χ1v) is 8.71. The molecular weight excluding hydrogens is 331 g/mol. The van der Waals surface area contributed by atoms with E-state index in [0.717, 1.165) is 5.56 Å². The highest BCUT2D eigenvalue weighted by atomic mass is 32.2. The van der Waals surface area contributed by atoms with Gasteiger partial charge in [0.25, 0.3) is 0 Å². The van der Waals surface area contributed by atoms with Crippen molar-refractivity contribution in [3.63, 3.8) is 0 Å². The van der Waals surface area contributed by atoms with Crippen molar-refractivity contribution < 1.29 is 18.7 Å². The van der Waals surface area contributed by atoms with E-state index in [0.29, 0.717) is 11.6 Å². The van der Waals surface area contributed by atoms with Crippen molar-refractivity contribution in [2.45, 2.75) is 19.9 Å². The van der Waals surface area contributed by atoms with Crippen LogP contribution in [-0.4, -0.2) is 32.0 Å². The topological polar surface area (TPSA) is 71.3 Å². The SMILES string of the molecule is CCOCCOC(=O)/C(C#N)=C(\NC(C)c1ccc(F)cc1)SC. The quantitative estimate of drug-likeness (QED) is 0.319. The molecule has 7 heteroatoms. The average Bonchev–Trinajstić information content (AvgIpc) is 2.58. The monoisotopic (exact) mass is 352 g/mol. The first-order chi connectivity index (χ1) is 11.5. The Morgan fingerprint density at radius 2 is 2.04 bits per heavy atom. The number of carbonyl (C=O) groups is 1. The first-order valence-electron chi connectivity index (χ1n) is 7.48. The Labute approximate surface area is 145 Å². The predicted molar refractivity (Wildman–Crippen MR) is 91.6 cm³/mol.